The molecule has 1 atom stereocenters. The lowest BCUT2D eigenvalue weighted by Gasteiger charge is -2.13. The third kappa shape index (κ3) is 1.96. The van der Waals surface area contributed by atoms with Gasteiger partial charge in [-0.2, -0.15) is 0 Å². The van der Waals surface area contributed by atoms with Crippen molar-refractivity contribution < 1.29 is 20.1 Å². The lowest BCUT2D eigenvalue weighted by atomic mass is 9.94. The van der Waals surface area contributed by atoms with Crippen LogP contribution in [0.4, 0.5) is 0 Å². The molecule has 0 aliphatic carbocycles. The molecule has 1 rings (SSSR count). The van der Waals surface area contributed by atoms with Gasteiger partial charge in [-0.15, -0.1) is 0 Å². The average Bonchev–Trinajstić information content (AvgIpc) is 2.24. The van der Waals surface area contributed by atoms with Crippen molar-refractivity contribution in [3.8, 4) is 17.2 Å². The number of benzene rings is 1. The predicted molar refractivity (Wildman–Crippen MR) is 60.0 cm³/mol. The molecule has 0 amide bonds. The first-order valence-electron chi connectivity index (χ1n) is 5.18. The molecule has 16 heavy (non-hydrogen) atoms. The lowest BCUT2D eigenvalue weighted by Crippen LogP contribution is -2.11. The Bertz CT molecular complexity index is 424. The summed E-state index contributed by atoms with van der Waals surface area (Å²) in [5, 5.41) is 28.7. The molecule has 0 bridgehead atoms. The fourth-order valence-electron chi connectivity index (χ4n) is 1.41. The van der Waals surface area contributed by atoms with Gasteiger partial charge in [-0.3, -0.25) is 4.79 Å². The molecule has 0 aliphatic heterocycles. The van der Waals surface area contributed by atoms with Crippen molar-refractivity contribution in [2.75, 3.05) is 0 Å². The number of ketones is 1. The Morgan fingerprint density at radius 2 is 1.88 bits per heavy atom. The van der Waals surface area contributed by atoms with E-state index in [2.05, 4.69) is 0 Å². The van der Waals surface area contributed by atoms with E-state index in [1.54, 1.807) is 6.92 Å². The highest BCUT2D eigenvalue weighted by Gasteiger charge is 2.23. The summed E-state index contributed by atoms with van der Waals surface area (Å²) in [6.07, 6.45) is 0.623. The number of hydrogen-bond donors (Lipinski definition) is 3. The molecule has 1 aromatic rings. The van der Waals surface area contributed by atoms with E-state index in [0.29, 0.717) is 6.42 Å². The first-order chi connectivity index (χ1) is 7.40. The van der Waals surface area contributed by atoms with E-state index >= 15 is 0 Å². The summed E-state index contributed by atoms with van der Waals surface area (Å²) in [5.74, 6) is -1.55. The topological polar surface area (TPSA) is 77.8 Å². The molecule has 4 heteroatoms. The van der Waals surface area contributed by atoms with E-state index in [1.807, 2.05) is 6.92 Å². The molecule has 0 heterocycles. The molecule has 0 spiro atoms. The van der Waals surface area contributed by atoms with Crippen LogP contribution in [-0.4, -0.2) is 21.1 Å². The highest BCUT2D eigenvalue weighted by atomic mass is 16.3. The molecule has 0 aliphatic rings. The van der Waals surface area contributed by atoms with Crippen LogP contribution < -0.4 is 0 Å². The molecule has 0 fully saturated rings. The Hall–Kier alpha value is -1.71. The van der Waals surface area contributed by atoms with E-state index in [-0.39, 0.29) is 40.1 Å². The van der Waals surface area contributed by atoms with Crippen molar-refractivity contribution >= 4 is 5.78 Å². The minimum Gasteiger partial charge on any atom is -0.507 e. The number of phenolic OH excluding ortho intramolecular Hbond substituents is 3. The summed E-state index contributed by atoms with van der Waals surface area (Å²) >= 11 is 0. The van der Waals surface area contributed by atoms with Crippen molar-refractivity contribution in [1.82, 2.24) is 0 Å². The second-order valence-electron chi connectivity index (χ2n) is 3.94. The molecule has 1 aromatic carbocycles. The quantitative estimate of drug-likeness (QED) is 0.688. The first kappa shape index (κ1) is 12.4. The van der Waals surface area contributed by atoms with Crippen molar-refractivity contribution in [2.24, 2.45) is 5.92 Å². The highest BCUT2D eigenvalue weighted by Crippen LogP contribution is 2.38. The van der Waals surface area contributed by atoms with Crippen LogP contribution in [0.25, 0.3) is 0 Å². The molecule has 88 valence electrons. The summed E-state index contributed by atoms with van der Waals surface area (Å²) in [4.78, 5) is 11.9. The molecular formula is C12H16O4. The zero-order valence-corrected chi connectivity index (χ0v) is 9.61. The number of hydrogen-bond acceptors (Lipinski definition) is 4. The monoisotopic (exact) mass is 224 g/mol. The van der Waals surface area contributed by atoms with Gasteiger partial charge in [-0.05, 0) is 13.3 Å². The average molecular weight is 224 g/mol. The van der Waals surface area contributed by atoms with Crippen LogP contribution in [-0.2, 0) is 0 Å². The SMILES string of the molecule is CCC(C)C(=O)c1c(O)cc(O)c(C)c1O. The summed E-state index contributed by atoms with van der Waals surface area (Å²) in [6, 6.07) is 1.07. The van der Waals surface area contributed by atoms with Gasteiger partial charge in [0.25, 0.3) is 0 Å². The van der Waals surface area contributed by atoms with Gasteiger partial charge in [0, 0.05) is 17.5 Å². The molecule has 0 radical (unpaired) electrons. The lowest BCUT2D eigenvalue weighted by molar-refractivity contribution is 0.0921. The van der Waals surface area contributed by atoms with Gasteiger partial charge in [0.15, 0.2) is 5.78 Å². The number of carbonyl (C=O) groups is 1. The number of rotatable bonds is 3. The Labute approximate surface area is 94.2 Å². The smallest absolute Gasteiger partial charge is 0.173 e. The molecular weight excluding hydrogens is 208 g/mol. The number of Topliss-reactive ketones (excluding diaryl/α,β-unsaturated/α-hetero) is 1. The Morgan fingerprint density at radius 1 is 1.31 bits per heavy atom. The molecule has 0 saturated heterocycles. The van der Waals surface area contributed by atoms with Gasteiger partial charge < -0.3 is 15.3 Å². The maximum absolute atomic E-state index is 11.9. The van der Waals surface area contributed by atoms with Gasteiger partial charge in [-0.25, -0.2) is 0 Å². The van der Waals surface area contributed by atoms with Crippen LogP contribution in [0.5, 0.6) is 17.2 Å². The molecule has 4 nitrogen and oxygen atoms in total. The Morgan fingerprint density at radius 3 is 2.38 bits per heavy atom. The van der Waals surface area contributed by atoms with Gasteiger partial charge >= 0.3 is 0 Å². The largest absolute Gasteiger partial charge is 0.507 e. The van der Waals surface area contributed by atoms with E-state index in [0.717, 1.165) is 6.07 Å². The third-order valence-electron chi connectivity index (χ3n) is 2.81. The van der Waals surface area contributed by atoms with Crippen LogP contribution in [0, 0.1) is 12.8 Å². The van der Waals surface area contributed by atoms with Gasteiger partial charge in [-0.1, -0.05) is 13.8 Å². The fourth-order valence-corrected chi connectivity index (χ4v) is 1.41. The Balaban J connectivity index is 3.34. The zero-order valence-electron chi connectivity index (χ0n) is 9.61. The molecule has 0 aromatic heterocycles. The number of aromatic hydroxyl groups is 3. The van der Waals surface area contributed by atoms with E-state index in [4.69, 9.17) is 0 Å². The minimum atomic E-state index is -0.383. The Kier molecular flexibility index (Phi) is 3.42. The summed E-state index contributed by atoms with van der Waals surface area (Å²) in [6.45, 7) is 5.06. The zero-order chi connectivity index (χ0) is 12.5. The second-order valence-corrected chi connectivity index (χ2v) is 3.94. The second kappa shape index (κ2) is 4.43. The number of phenols is 3. The summed E-state index contributed by atoms with van der Waals surface area (Å²) < 4.78 is 0. The van der Waals surface area contributed by atoms with Crippen molar-refractivity contribution in [2.45, 2.75) is 27.2 Å². The third-order valence-corrected chi connectivity index (χ3v) is 2.81. The van der Waals surface area contributed by atoms with E-state index in [9.17, 15) is 20.1 Å². The number of carbonyl (C=O) groups excluding carboxylic acids is 1. The van der Waals surface area contributed by atoms with Gasteiger partial charge in [0.1, 0.15) is 22.8 Å². The standard InChI is InChI=1S/C12H16O4/c1-4-6(2)11(15)10-9(14)5-8(13)7(3)12(10)16/h5-6,13-14,16H,4H2,1-3H3. The fraction of sp³-hybridized carbons (Fsp3) is 0.417. The van der Waals surface area contributed by atoms with Gasteiger partial charge in [0.2, 0.25) is 0 Å². The van der Waals surface area contributed by atoms with Crippen LogP contribution in [0.3, 0.4) is 0 Å². The van der Waals surface area contributed by atoms with Crippen LogP contribution in [0.1, 0.15) is 36.2 Å². The maximum atomic E-state index is 11.9. The first-order valence-corrected chi connectivity index (χ1v) is 5.18. The summed E-state index contributed by atoms with van der Waals surface area (Å²) in [5.41, 5.74) is 0.0918. The molecule has 1 unspecified atom stereocenters. The van der Waals surface area contributed by atoms with Crippen LogP contribution >= 0.6 is 0 Å². The molecule has 3 N–H and O–H groups in total. The van der Waals surface area contributed by atoms with Gasteiger partial charge in [0.05, 0.1) is 0 Å². The maximum Gasteiger partial charge on any atom is 0.173 e. The van der Waals surface area contributed by atoms with Crippen molar-refractivity contribution in [3.05, 3.63) is 17.2 Å². The van der Waals surface area contributed by atoms with Crippen molar-refractivity contribution in [3.63, 3.8) is 0 Å². The summed E-state index contributed by atoms with van der Waals surface area (Å²) in [7, 11) is 0. The van der Waals surface area contributed by atoms with E-state index < -0.39 is 0 Å². The van der Waals surface area contributed by atoms with Crippen LogP contribution in [0.15, 0.2) is 6.07 Å². The predicted octanol–water partition coefficient (Wildman–Crippen LogP) is 2.34. The van der Waals surface area contributed by atoms with Crippen molar-refractivity contribution in [1.29, 1.82) is 0 Å². The highest BCUT2D eigenvalue weighted by molar-refractivity contribution is 6.03. The normalized spacial score (nSPS) is 12.4. The minimum absolute atomic E-state index is 0.107. The molecule has 0 saturated carbocycles. The van der Waals surface area contributed by atoms with E-state index in [1.165, 1.54) is 6.92 Å². The van der Waals surface area contributed by atoms with Crippen LogP contribution in [0.2, 0.25) is 0 Å².